The second kappa shape index (κ2) is 9.21. The van der Waals surface area contributed by atoms with Gasteiger partial charge in [-0.1, -0.05) is 87.5 Å². The van der Waals surface area contributed by atoms with Gasteiger partial charge in [0.1, 0.15) is 12.3 Å². The molecule has 0 aliphatic carbocycles. The number of rotatable bonds is 2. The Bertz CT molecular complexity index is 2190. The Balaban J connectivity index is 1.29. The monoisotopic (exact) mass is 565 g/mol. The van der Waals surface area contributed by atoms with E-state index in [4.69, 9.17) is 2.74 Å². The maximum atomic E-state index is 8.82. The van der Waals surface area contributed by atoms with Crippen LogP contribution in [0.2, 0.25) is 0 Å². The van der Waals surface area contributed by atoms with Crippen molar-refractivity contribution in [1.29, 1.82) is 0 Å². The molecule has 3 heteroatoms. The van der Waals surface area contributed by atoms with Gasteiger partial charge in [-0.05, 0) is 76.2 Å². The zero-order valence-corrected chi connectivity index (χ0v) is 25.5. The van der Waals surface area contributed by atoms with Crippen molar-refractivity contribution in [1.82, 2.24) is 4.57 Å². The first-order valence-corrected chi connectivity index (χ1v) is 15.6. The lowest BCUT2D eigenvalue weighted by molar-refractivity contribution is -0.424. The lowest BCUT2D eigenvalue weighted by Gasteiger charge is -2.26. The highest BCUT2D eigenvalue weighted by Gasteiger charge is 2.43. The number of fused-ring (bicyclic) bond motifs is 7. The van der Waals surface area contributed by atoms with Crippen molar-refractivity contribution in [3.63, 3.8) is 0 Å². The Hall–Kier alpha value is -4.08. The molecule has 0 fully saturated rings. The van der Waals surface area contributed by atoms with Crippen molar-refractivity contribution in [3.8, 4) is 5.69 Å². The number of benzene rings is 5. The smallest absolute Gasteiger partial charge is 0.203 e. The number of allylic oxidation sites excluding steroid dienone is 1. The Morgan fingerprint density at radius 3 is 2.14 bits per heavy atom. The molecular weight excluding hydrogens is 529 g/mol. The average Bonchev–Trinajstić information content (AvgIpc) is 3.54. The van der Waals surface area contributed by atoms with Crippen LogP contribution in [0.4, 0.5) is 0 Å². The number of hydrogen-bond acceptors (Lipinski definition) is 1. The standard InChI is InChI=1S/C39H35N2S/c1-24-26-12-6-7-13-27(26)33(39(2,3)4)23-32(24)37-38-31(20-21-40(37)5)30-19-18-25(22-36(30)42-38)41-34-16-10-8-14-28(34)29-15-9-11-17-35(29)41/h6-23,31,38H,1-5H3/q+1/i16D,17D. The van der Waals surface area contributed by atoms with E-state index < -0.39 is 0 Å². The molecule has 2 unspecified atom stereocenters. The Morgan fingerprint density at radius 2 is 1.45 bits per heavy atom. The lowest BCUT2D eigenvalue weighted by atomic mass is 9.79. The predicted octanol–water partition coefficient (Wildman–Crippen LogP) is 9.76. The molecular formula is C39H35N2S+. The lowest BCUT2D eigenvalue weighted by Crippen LogP contribution is -2.32. The van der Waals surface area contributed by atoms with E-state index in [0.717, 1.165) is 27.5 Å². The summed E-state index contributed by atoms with van der Waals surface area (Å²) >= 11 is 1.95. The van der Waals surface area contributed by atoms with Crippen molar-refractivity contribution in [3.05, 3.63) is 132 Å². The molecule has 0 bridgehead atoms. The van der Waals surface area contributed by atoms with Crippen LogP contribution in [0.25, 0.3) is 38.3 Å². The van der Waals surface area contributed by atoms with E-state index in [1.165, 1.54) is 43.6 Å². The molecule has 3 heterocycles. The predicted molar refractivity (Wildman–Crippen MR) is 180 cm³/mol. The molecule has 0 saturated carbocycles. The third-order valence-electron chi connectivity index (χ3n) is 9.16. The Kier molecular flexibility index (Phi) is 5.15. The molecule has 2 aliphatic heterocycles. The summed E-state index contributed by atoms with van der Waals surface area (Å²) in [6.45, 7) is 9.22. The number of nitrogens with zero attached hydrogens (tertiary/aromatic N) is 2. The molecule has 0 N–H and O–H groups in total. The van der Waals surface area contributed by atoms with Crippen LogP contribution in [0.15, 0.2) is 114 Å². The number of aryl methyl sites for hydroxylation is 1. The Labute approximate surface area is 254 Å². The zero-order valence-electron chi connectivity index (χ0n) is 26.7. The second-order valence-electron chi connectivity index (χ2n) is 12.7. The van der Waals surface area contributed by atoms with Gasteiger partial charge in [-0.15, -0.1) is 11.8 Å². The molecule has 8 rings (SSSR count). The molecule has 2 nitrogen and oxygen atoms in total. The van der Waals surface area contributed by atoms with Crippen LogP contribution in [0.5, 0.6) is 0 Å². The van der Waals surface area contributed by atoms with Gasteiger partial charge in [0, 0.05) is 32.8 Å². The van der Waals surface area contributed by atoms with Crippen molar-refractivity contribution >= 4 is 50.1 Å². The fraction of sp³-hybridized carbons (Fsp3) is 0.205. The normalized spacial score (nSPS) is 19.0. The van der Waals surface area contributed by atoms with Crippen molar-refractivity contribution in [2.24, 2.45) is 0 Å². The van der Waals surface area contributed by atoms with Crippen LogP contribution in [0, 0.1) is 6.92 Å². The largest absolute Gasteiger partial charge is 0.309 e. The summed E-state index contributed by atoms with van der Waals surface area (Å²) in [4.78, 5) is 1.27. The first-order valence-electron chi connectivity index (χ1n) is 15.7. The molecule has 1 aromatic heterocycles. The summed E-state index contributed by atoms with van der Waals surface area (Å²) in [5.41, 5.74) is 9.48. The number of hydrogen-bond donors (Lipinski definition) is 0. The summed E-state index contributed by atoms with van der Waals surface area (Å²) in [5.74, 6) is 0.274. The minimum atomic E-state index is 0.0154. The van der Waals surface area contributed by atoms with Crippen molar-refractivity contribution < 1.29 is 7.32 Å². The van der Waals surface area contributed by atoms with Gasteiger partial charge in [0.2, 0.25) is 5.71 Å². The first kappa shape index (κ1) is 23.5. The topological polar surface area (TPSA) is 7.94 Å². The summed E-state index contributed by atoms with van der Waals surface area (Å²) in [5, 5.41) is 4.95. The van der Waals surface area contributed by atoms with E-state index >= 15 is 0 Å². The molecule has 206 valence electrons. The third-order valence-corrected chi connectivity index (χ3v) is 10.5. The van der Waals surface area contributed by atoms with Gasteiger partial charge >= 0.3 is 0 Å². The molecule has 0 spiro atoms. The molecule has 5 aromatic carbocycles. The number of aromatic nitrogens is 1. The molecule has 2 aliphatic rings. The zero-order chi connectivity index (χ0) is 30.5. The minimum Gasteiger partial charge on any atom is -0.309 e. The third kappa shape index (κ3) is 3.69. The fourth-order valence-corrected chi connectivity index (χ4v) is 8.72. The van der Waals surface area contributed by atoms with Crippen LogP contribution in [0.1, 0.15) is 51.7 Å². The van der Waals surface area contributed by atoms with E-state index in [1.807, 2.05) is 36.0 Å². The van der Waals surface area contributed by atoms with Gasteiger partial charge in [0.05, 0.1) is 13.8 Å². The summed E-state index contributed by atoms with van der Waals surface area (Å²) in [7, 11) is 2.19. The molecule has 2 atom stereocenters. The molecule has 42 heavy (non-hydrogen) atoms. The molecule has 6 aromatic rings. The highest BCUT2D eigenvalue weighted by atomic mass is 32.2. The van der Waals surface area contributed by atoms with Crippen molar-refractivity contribution in [2.45, 2.75) is 49.2 Å². The summed E-state index contributed by atoms with van der Waals surface area (Å²) < 4.78 is 22.1. The van der Waals surface area contributed by atoms with E-state index in [9.17, 15) is 0 Å². The van der Waals surface area contributed by atoms with Crippen LogP contribution < -0.4 is 0 Å². The first-order chi connectivity index (χ1) is 21.1. The maximum Gasteiger partial charge on any atom is 0.203 e. The van der Waals surface area contributed by atoms with E-state index in [-0.39, 0.29) is 16.6 Å². The van der Waals surface area contributed by atoms with Gasteiger partial charge in [-0.25, -0.2) is 4.58 Å². The van der Waals surface area contributed by atoms with Gasteiger partial charge in [0.25, 0.3) is 0 Å². The number of thioether (sulfide) groups is 1. The van der Waals surface area contributed by atoms with Gasteiger partial charge in [-0.3, -0.25) is 0 Å². The van der Waals surface area contributed by atoms with Crippen LogP contribution in [-0.2, 0) is 5.41 Å². The van der Waals surface area contributed by atoms with Crippen LogP contribution in [0.3, 0.4) is 0 Å². The average molecular weight is 566 g/mol. The van der Waals surface area contributed by atoms with E-state index in [2.05, 4.69) is 117 Å². The van der Waals surface area contributed by atoms with E-state index in [1.54, 1.807) is 0 Å². The van der Waals surface area contributed by atoms with Gasteiger partial charge in [0.15, 0.2) is 6.20 Å². The Morgan fingerprint density at radius 1 is 0.810 bits per heavy atom. The van der Waals surface area contributed by atoms with Crippen LogP contribution in [-0.4, -0.2) is 27.2 Å². The minimum absolute atomic E-state index is 0.0154. The highest BCUT2D eigenvalue weighted by Crippen LogP contribution is 2.50. The summed E-state index contributed by atoms with van der Waals surface area (Å²) in [6.07, 6.45) is 4.61. The molecule has 0 radical (unpaired) electrons. The SMILES string of the molecule is [2H]c1cccc2c3cccc([2H])c3n(-c3ccc4c(c3)SC3C(c5cc(C(C)(C)C)c6ccccc6c5C)=[N+](C)C=CC43)c12. The highest BCUT2D eigenvalue weighted by molar-refractivity contribution is 8.01. The second-order valence-corrected chi connectivity index (χ2v) is 13.9. The van der Waals surface area contributed by atoms with E-state index in [0.29, 0.717) is 12.1 Å². The van der Waals surface area contributed by atoms with Crippen molar-refractivity contribution in [2.75, 3.05) is 7.05 Å². The summed E-state index contributed by atoms with van der Waals surface area (Å²) in [6, 6.07) is 30.7. The van der Waals surface area contributed by atoms with Gasteiger partial charge < -0.3 is 4.57 Å². The van der Waals surface area contributed by atoms with Crippen LogP contribution >= 0.6 is 11.8 Å². The molecule has 0 amide bonds. The maximum absolute atomic E-state index is 8.82. The fourth-order valence-electron chi connectivity index (χ4n) is 7.13. The van der Waals surface area contributed by atoms with Gasteiger partial charge in [-0.2, -0.15) is 0 Å². The molecule has 0 saturated heterocycles. The number of para-hydroxylation sites is 2. The quantitative estimate of drug-likeness (QED) is 0.190.